The van der Waals surface area contributed by atoms with Gasteiger partial charge in [-0.25, -0.2) is 13.2 Å². The summed E-state index contributed by atoms with van der Waals surface area (Å²) in [7, 11) is -3.77. The van der Waals surface area contributed by atoms with Gasteiger partial charge in [0.2, 0.25) is 0 Å². The standard InChI is InChI=1S/C18H21NO4S/c1-10-8-11(2)14(5)17(13(10)4)24(22,23)19-16-7-6-15(18(20)21)9-12(16)3/h6-9,19H,1-5H3,(H,20,21). The van der Waals surface area contributed by atoms with E-state index in [1.54, 1.807) is 20.8 Å². The summed E-state index contributed by atoms with van der Waals surface area (Å²) >= 11 is 0. The number of anilines is 1. The van der Waals surface area contributed by atoms with Gasteiger partial charge in [0.05, 0.1) is 16.1 Å². The molecule has 0 bridgehead atoms. The van der Waals surface area contributed by atoms with Crippen LogP contribution in [0.15, 0.2) is 29.2 Å². The number of aryl methyl sites for hydroxylation is 3. The molecule has 0 spiro atoms. The molecule has 2 rings (SSSR count). The minimum Gasteiger partial charge on any atom is -0.478 e. The van der Waals surface area contributed by atoms with Crippen LogP contribution in [0.3, 0.4) is 0 Å². The molecule has 5 nitrogen and oxygen atoms in total. The van der Waals surface area contributed by atoms with Gasteiger partial charge in [-0.15, -0.1) is 0 Å². The summed E-state index contributed by atoms with van der Waals surface area (Å²) in [6.07, 6.45) is 0. The van der Waals surface area contributed by atoms with Gasteiger partial charge in [0, 0.05) is 0 Å². The van der Waals surface area contributed by atoms with E-state index in [0.717, 1.165) is 11.1 Å². The maximum absolute atomic E-state index is 12.9. The Morgan fingerprint density at radius 3 is 1.92 bits per heavy atom. The smallest absolute Gasteiger partial charge is 0.335 e. The Morgan fingerprint density at radius 1 is 0.917 bits per heavy atom. The van der Waals surface area contributed by atoms with Gasteiger partial charge < -0.3 is 5.11 Å². The molecule has 2 aromatic rings. The summed E-state index contributed by atoms with van der Waals surface area (Å²) in [5, 5.41) is 9.01. The first-order valence-electron chi connectivity index (χ1n) is 7.48. The predicted octanol–water partition coefficient (Wildman–Crippen LogP) is 3.73. The van der Waals surface area contributed by atoms with Crippen molar-refractivity contribution in [2.45, 2.75) is 39.5 Å². The molecule has 0 aliphatic heterocycles. The summed E-state index contributed by atoms with van der Waals surface area (Å²) in [5.74, 6) is -1.05. The molecule has 0 atom stereocenters. The second-order valence-electron chi connectivity index (χ2n) is 6.03. The summed E-state index contributed by atoms with van der Waals surface area (Å²) in [5.41, 5.74) is 4.30. The summed E-state index contributed by atoms with van der Waals surface area (Å²) in [4.78, 5) is 11.3. The quantitative estimate of drug-likeness (QED) is 0.883. The Kier molecular flexibility index (Phi) is 4.71. The summed E-state index contributed by atoms with van der Waals surface area (Å²) in [6, 6.07) is 6.27. The zero-order valence-corrected chi connectivity index (χ0v) is 15.2. The van der Waals surface area contributed by atoms with Gasteiger partial charge in [-0.1, -0.05) is 6.07 Å². The molecule has 0 amide bonds. The molecule has 0 aliphatic carbocycles. The lowest BCUT2D eigenvalue weighted by atomic mass is 10.0. The van der Waals surface area contributed by atoms with Crippen molar-refractivity contribution in [3.05, 3.63) is 57.6 Å². The number of hydrogen-bond acceptors (Lipinski definition) is 3. The third kappa shape index (κ3) is 3.28. The highest BCUT2D eigenvalue weighted by Crippen LogP contribution is 2.28. The molecule has 0 aliphatic rings. The first-order chi connectivity index (χ1) is 11.0. The molecule has 6 heteroatoms. The summed E-state index contributed by atoms with van der Waals surface area (Å²) in [6.45, 7) is 9.01. The van der Waals surface area contributed by atoms with Crippen molar-refractivity contribution in [1.29, 1.82) is 0 Å². The number of benzene rings is 2. The van der Waals surface area contributed by atoms with Crippen molar-refractivity contribution in [2.24, 2.45) is 0 Å². The van der Waals surface area contributed by atoms with E-state index in [9.17, 15) is 13.2 Å². The lowest BCUT2D eigenvalue weighted by Crippen LogP contribution is -2.17. The monoisotopic (exact) mass is 347 g/mol. The van der Waals surface area contributed by atoms with Crippen LogP contribution in [0.2, 0.25) is 0 Å². The van der Waals surface area contributed by atoms with Crippen LogP contribution in [0, 0.1) is 34.6 Å². The highest BCUT2D eigenvalue weighted by molar-refractivity contribution is 7.92. The van der Waals surface area contributed by atoms with Crippen molar-refractivity contribution in [1.82, 2.24) is 0 Å². The zero-order valence-electron chi connectivity index (χ0n) is 14.4. The van der Waals surface area contributed by atoms with E-state index in [1.807, 2.05) is 19.9 Å². The Bertz CT molecular complexity index is 904. The number of nitrogens with one attached hydrogen (secondary N) is 1. The molecule has 0 saturated heterocycles. The first kappa shape index (κ1) is 18.0. The third-order valence-electron chi connectivity index (χ3n) is 4.28. The molecule has 0 fully saturated rings. The molecule has 24 heavy (non-hydrogen) atoms. The lowest BCUT2D eigenvalue weighted by molar-refractivity contribution is 0.0697. The van der Waals surface area contributed by atoms with Gasteiger partial charge >= 0.3 is 5.97 Å². The number of hydrogen-bond donors (Lipinski definition) is 2. The van der Waals surface area contributed by atoms with Crippen LogP contribution in [-0.2, 0) is 10.0 Å². The fraction of sp³-hybridized carbons (Fsp3) is 0.278. The largest absolute Gasteiger partial charge is 0.478 e. The van der Waals surface area contributed by atoms with E-state index in [4.69, 9.17) is 5.11 Å². The van der Waals surface area contributed by atoms with E-state index < -0.39 is 16.0 Å². The number of carboxylic acid groups (broad SMARTS) is 1. The Hall–Kier alpha value is -2.34. The Labute approximate surface area is 142 Å². The van der Waals surface area contributed by atoms with Crippen molar-refractivity contribution in [3.63, 3.8) is 0 Å². The number of sulfonamides is 1. The third-order valence-corrected chi connectivity index (χ3v) is 5.92. The molecule has 2 aromatic carbocycles. The van der Waals surface area contributed by atoms with Crippen molar-refractivity contribution >= 4 is 21.7 Å². The van der Waals surface area contributed by atoms with Crippen LogP contribution in [0.25, 0.3) is 0 Å². The van der Waals surface area contributed by atoms with Gasteiger partial charge in [-0.3, -0.25) is 4.72 Å². The number of rotatable bonds is 4. The van der Waals surface area contributed by atoms with Gasteiger partial charge in [-0.2, -0.15) is 0 Å². The summed E-state index contributed by atoms with van der Waals surface area (Å²) < 4.78 is 28.4. The van der Waals surface area contributed by atoms with Gasteiger partial charge in [0.25, 0.3) is 10.0 Å². The minimum absolute atomic E-state index is 0.120. The second kappa shape index (κ2) is 6.28. The van der Waals surface area contributed by atoms with Crippen molar-refractivity contribution in [3.8, 4) is 0 Å². The van der Waals surface area contributed by atoms with Crippen LogP contribution in [0.4, 0.5) is 5.69 Å². The van der Waals surface area contributed by atoms with E-state index >= 15 is 0 Å². The Morgan fingerprint density at radius 2 is 1.46 bits per heavy atom. The molecule has 0 saturated carbocycles. The normalized spacial score (nSPS) is 11.4. The molecule has 2 N–H and O–H groups in total. The molecule has 0 unspecified atom stereocenters. The van der Waals surface area contributed by atoms with Gasteiger partial charge in [-0.05, 0) is 80.6 Å². The average Bonchev–Trinajstić information content (AvgIpc) is 2.47. The molecule has 0 heterocycles. The molecule has 0 aromatic heterocycles. The molecular weight excluding hydrogens is 326 g/mol. The van der Waals surface area contributed by atoms with E-state index in [0.29, 0.717) is 22.4 Å². The fourth-order valence-corrected chi connectivity index (χ4v) is 4.44. The zero-order chi connectivity index (χ0) is 18.2. The van der Waals surface area contributed by atoms with Crippen LogP contribution in [0.1, 0.15) is 38.2 Å². The fourth-order valence-electron chi connectivity index (χ4n) is 2.69. The topological polar surface area (TPSA) is 83.5 Å². The second-order valence-corrected chi connectivity index (χ2v) is 7.65. The SMILES string of the molecule is Cc1cc(C(=O)O)ccc1NS(=O)(=O)c1c(C)c(C)cc(C)c1C. The van der Waals surface area contributed by atoms with Crippen LogP contribution in [0.5, 0.6) is 0 Å². The number of carbonyl (C=O) groups is 1. The van der Waals surface area contributed by atoms with E-state index in [2.05, 4.69) is 4.72 Å². The minimum atomic E-state index is -3.77. The van der Waals surface area contributed by atoms with E-state index in [-0.39, 0.29) is 10.5 Å². The van der Waals surface area contributed by atoms with Crippen molar-refractivity contribution < 1.29 is 18.3 Å². The maximum atomic E-state index is 12.9. The van der Waals surface area contributed by atoms with Crippen LogP contribution >= 0.6 is 0 Å². The molecular formula is C18H21NO4S. The van der Waals surface area contributed by atoms with Gasteiger partial charge in [0.15, 0.2) is 0 Å². The van der Waals surface area contributed by atoms with Crippen molar-refractivity contribution in [2.75, 3.05) is 4.72 Å². The highest BCUT2D eigenvalue weighted by Gasteiger charge is 2.23. The lowest BCUT2D eigenvalue weighted by Gasteiger charge is -2.17. The molecule has 0 radical (unpaired) electrons. The van der Waals surface area contributed by atoms with E-state index in [1.165, 1.54) is 18.2 Å². The first-order valence-corrected chi connectivity index (χ1v) is 8.97. The Balaban J connectivity index is 2.53. The maximum Gasteiger partial charge on any atom is 0.335 e. The molecule has 128 valence electrons. The van der Waals surface area contributed by atoms with Gasteiger partial charge in [0.1, 0.15) is 0 Å². The number of aromatic carboxylic acids is 1. The van der Waals surface area contributed by atoms with Crippen LogP contribution in [-0.4, -0.2) is 19.5 Å². The number of carboxylic acids is 1. The predicted molar refractivity (Wildman–Crippen MR) is 94.3 cm³/mol. The average molecular weight is 347 g/mol. The highest BCUT2D eigenvalue weighted by atomic mass is 32.2. The van der Waals surface area contributed by atoms with Crippen LogP contribution < -0.4 is 4.72 Å².